The molecule has 0 aliphatic rings. The third kappa shape index (κ3) is 4.27. The number of nitrogens with zero attached hydrogens (tertiary/aromatic N) is 3. The summed E-state index contributed by atoms with van der Waals surface area (Å²) >= 11 is 18.3. The van der Waals surface area contributed by atoms with E-state index in [9.17, 15) is 4.79 Å². The molecule has 0 spiro atoms. The first-order valence-corrected chi connectivity index (χ1v) is 9.69. The molecule has 144 valence electrons. The lowest BCUT2D eigenvalue weighted by Gasteiger charge is -2.07. The van der Waals surface area contributed by atoms with Crippen molar-refractivity contribution >= 4 is 46.4 Å². The normalized spacial score (nSPS) is 10.7. The van der Waals surface area contributed by atoms with Crippen LogP contribution in [0.5, 0.6) is 0 Å². The summed E-state index contributed by atoms with van der Waals surface area (Å²) in [5, 5.41) is 8.51. The van der Waals surface area contributed by atoms with E-state index in [1.54, 1.807) is 48.5 Å². The van der Waals surface area contributed by atoms with Crippen molar-refractivity contribution in [2.24, 2.45) is 0 Å². The van der Waals surface area contributed by atoms with Crippen LogP contribution < -0.4 is 5.32 Å². The lowest BCUT2D eigenvalue weighted by atomic mass is 10.2. The fraction of sp³-hybridized carbons (Fsp3) is 0. The molecule has 0 radical (unpaired) electrons. The number of halogens is 3. The van der Waals surface area contributed by atoms with E-state index in [1.807, 2.05) is 24.3 Å². The van der Waals surface area contributed by atoms with Crippen LogP contribution in [0.25, 0.3) is 17.1 Å². The number of para-hydroxylation sites is 1. The predicted molar refractivity (Wildman–Crippen MR) is 116 cm³/mol. The van der Waals surface area contributed by atoms with Crippen molar-refractivity contribution in [1.29, 1.82) is 0 Å². The molecule has 0 atom stereocenters. The van der Waals surface area contributed by atoms with E-state index in [4.69, 9.17) is 34.8 Å². The van der Waals surface area contributed by atoms with E-state index in [2.05, 4.69) is 15.4 Å². The molecule has 8 heteroatoms. The van der Waals surface area contributed by atoms with Gasteiger partial charge in [0, 0.05) is 16.3 Å². The molecule has 1 aromatic heterocycles. The Hall–Kier alpha value is -2.86. The van der Waals surface area contributed by atoms with Gasteiger partial charge >= 0.3 is 0 Å². The van der Waals surface area contributed by atoms with Crippen LogP contribution in [0.4, 0.5) is 5.69 Å². The second kappa shape index (κ2) is 8.25. The monoisotopic (exact) mass is 442 g/mol. The molecular weight excluding hydrogens is 431 g/mol. The predicted octanol–water partition coefficient (Wildman–Crippen LogP) is 6.15. The van der Waals surface area contributed by atoms with Gasteiger partial charge in [-0.1, -0.05) is 65.1 Å². The molecule has 0 saturated heterocycles. The van der Waals surface area contributed by atoms with E-state index in [0.717, 1.165) is 0 Å². The summed E-state index contributed by atoms with van der Waals surface area (Å²) in [6, 6.07) is 21.3. The molecule has 0 aliphatic heterocycles. The van der Waals surface area contributed by atoms with Gasteiger partial charge in [-0.2, -0.15) is 0 Å². The maximum atomic E-state index is 12.7. The molecule has 1 amide bonds. The van der Waals surface area contributed by atoms with Crippen molar-refractivity contribution in [2.75, 3.05) is 5.32 Å². The van der Waals surface area contributed by atoms with E-state index >= 15 is 0 Å². The highest BCUT2D eigenvalue weighted by Gasteiger charge is 2.19. The van der Waals surface area contributed by atoms with Crippen molar-refractivity contribution < 1.29 is 4.79 Å². The zero-order valence-corrected chi connectivity index (χ0v) is 17.1. The fourth-order valence-corrected chi connectivity index (χ4v) is 3.21. The number of carbonyl (C=O) groups is 1. The largest absolute Gasteiger partial charge is 0.319 e. The molecule has 29 heavy (non-hydrogen) atoms. The number of rotatable bonds is 4. The van der Waals surface area contributed by atoms with Crippen molar-refractivity contribution in [1.82, 2.24) is 14.8 Å². The molecule has 1 N–H and O–H groups in total. The Morgan fingerprint density at radius 2 is 1.66 bits per heavy atom. The highest BCUT2D eigenvalue weighted by molar-refractivity contribution is 6.42. The number of hydrogen-bond donors (Lipinski definition) is 1. The smallest absolute Gasteiger partial charge is 0.295 e. The first-order chi connectivity index (χ1) is 14.0. The molecule has 4 aromatic rings. The van der Waals surface area contributed by atoms with Crippen LogP contribution in [-0.4, -0.2) is 20.7 Å². The van der Waals surface area contributed by atoms with Crippen molar-refractivity contribution in [3.63, 3.8) is 0 Å². The minimum atomic E-state index is -0.432. The van der Waals surface area contributed by atoms with Crippen LogP contribution in [0.15, 0.2) is 72.8 Å². The molecule has 4 rings (SSSR count). The number of carbonyl (C=O) groups excluding carboxylic acids is 1. The number of aromatic nitrogens is 3. The molecule has 3 aromatic carbocycles. The van der Waals surface area contributed by atoms with Gasteiger partial charge in [-0.3, -0.25) is 4.79 Å². The van der Waals surface area contributed by atoms with E-state index in [-0.39, 0.29) is 5.82 Å². The quantitative estimate of drug-likeness (QED) is 0.412. The molecule has 0 unspecified atom stereocenters. The lowest BCUT2D eigenvalue weighted by molar-refractivity contribution is 0.101. The molecule has 0 aliphatic carbocycles. The molecule has 0 saturated carbocycles. The third-order valence-corrected chi connectivity index (χ3v) is 5.05. The molecule has 5 nitrogen and oxygen atoms in total. The average Bonchev–Trinajstić information content (AvgIpc) is 3.16. The van der Waals surface area contributed by atoms with Crippen LogP contribution in [0.3, 0.4) is 0 Å². The average molecular weight is 444 g/mol. The second-order valence-corrected chi connectivity index (χ2v) is 7.35. The Kier molecular flexibility index (Phi) is 5.53. The van der Waals surface area contributed by atoms with Gasteiger partial charge in [0.15, 0.2) is 5.82 Å². The maximum Gasteiger partial charge on any atom is 0.295 e. The third-order valence-electron chi connectivity index (χ3n) is 4.07. The van der Waals surface area contributed by atoms with Gasteiger partial charge in [-0.05, 0) is 42.5 Å². The Bertz CT molecular complexity index is 1190. The summed E-state index contributed by atoms with van der Waals surface area (Å²) < 4.78 is 1.54. The summed E-state index contributed by atoms with van der Waals surface area (Å²) in [6.07, 6.45) is 0. The Morgan fingerprint density at radius 1 is 0.862 bits per heavy atom. The summed E-state index contributed by atoms with van der Waals surface area (Å²) in [5.74, 6) is 0.0253. The zero-order valence-electron chi connectivity index (χ0n) is 14.8. The molecule has 0 bridgehead atoms. The van der Waals surface area contributed by atoms with Crippen molar-refractivity contribution in [3.8, 4) is 17.1 Å². The van der Waals surface area contributed by atoms with Gasteiger partial charge in [-0.15, -0.1) is 5.10 Å². The summed E-state index contributed by atoms with van der Waals surface area (Å²) in [6.45, 7) is 0. The van der Waals surface area contributed by atoms with Crippen LogP contribution in [0.1, 0.15) is 10.6 Å². The first kappa shape index (κ1) is 19.5. The Balaban J connectivity index is 1.80. The number of hydrogen-bond acceptors (Lipinski definition) is 3. The van der Waals surface area contributed by atoms with E-state index in [0.29, 0.717) is 37.8 Å². The van der Waals surface area contributed by atoms with Gasteiger partial charge < -0.3 is 5.32 Å². The minimum Gasteiger partial charge on any atom is -0.319 e. The molecular formula is C21H13Cl3N4O. The second-order valence-electron chi connectivity index (χ2n) is 6.10. The first-order valence-electron chi connectivity index (χ1n) is 8.56. The number of benzene rings is 3. The molecule has 0 fully saturated rings. The van der Waals surface area contributed by atoms with Crippen LogP contribution in [0, 0.1) is 0 Å². The Morgan fingerprint density at radius 3 is 2.38 bits per heavy atom. The van der Waals surface area contributed by atoms with E-state index in [1.165, 1.54) is 4.68 Å². The Labute approximate surface area is 181 Å². The van der Waals surface area contributed by atoms with E-state index < -0.39 is 5.91 Å². The molecule has 1 heterocycles. The summed E-state index contributed by atoms with van der Waals surface area (Å²) in [4.78, 5) is 17.2. The highest BCUT2D eigenvalue weighted by Crippen LogP contribution is 2.28. The highest BCUT2D eigenvalue weighted by atomic mass is 35.5. The SMILES string of the molecule is O=C(Nc1ccccc1)c1nc(-c2cccc(Cl)c2)n(-c2ccc(Cl)c(Cl)c2)n1. The van der Waals surface area contributed by atoms with Crippen LogP contribution in [-0.2, 0) is 0 Å². The van der Waals surface area contributed by atoms with Gasteiger partial charge in [0.25, 0.3) is 5.91 Å². The van der Waals surface area contributed by atoms with Gasteiger partial charge in [-0.25, -0.2) is 9.67 Å². The minimum absolute atomic E-state index is 0.00917. The van der Waals surface area contributed by atoms with Gasteiger partial charge in [0.2, 0.25) is 5.82 Å². The number of anilines is 1. The van der Waals surface area contributed by atoms with Crippen LogP contribution >= 0.6 is 34.8 Å². The standard InChI is InChI=1S/C21H13Cl3N4O/c22-14-6-4-5-13(11-14)20-26-19(21(29)25-15-7-2-1-3-8-15)27-28(20)16-9-10-17(23)18(24)12-16/h1-12H,(H,25,29). The fourth-order valence-electron chi connectivity index (χ4n) is 2.73. The topological polar surface area (TPSA) is 59.8 Å². The van der Waals surface area contributed by atoms with Gasteiger partial charge in [0.05, 0.1) is 15.7 Å². The summed E-state index contributed by atoms with van der Waals surface area (Å²) in [7, 11) is 0. The lowest BCUT2D eigenvalue weighted by Crippen LogP contribution is -2.14. The number of amides is 1. The van der Waals surface area contributed by atoms with Crippen molar-refractivity contribution in [2.45, 2.75) is 0 Å². The van der Waals surface area contributed by atoms with Crippen LogP contribution in [0.2, 0.25) is 15.1 Å². The summed E-state index contributed by atoms with van der Waals surface area (Å²) in [5.41, 5.74) is 1.96. The number of nitrogens with one attached hydrogen (secondary N) is 1. The van der Waals surface area contributed by atoms with Gasteiger partial charge in [0.1, 0.15) is 0 Å². The zero-order chi connectivity index (χ0) is 20.4. The maximum absolute atomic E-state index is 12.7. The van der Waals surface area contributed by atoms with Crippen molar-refractivity contribution in [3.05, 3.63) is 93.7 Å².